The zero-order chi connectivity index (χ0) is 14.7. The summed E-state index contributed by atoms with van der Waals surface area (Å²) < 4.78 is 0. The van der Waals surface area contributed by atoms with Crippen LogP contribution in [0.3, 0.4) is 0 Å². The van der Waals surface area contributed by atoms with Crippen LogP contribution in [-0.2, 0) is 6.54 Å². The average Bonchev–Trinajstić information content (AvgIpc) is 2.63. The summed E-state index contributed by atoms with van der Waals surface area (Å²) in [6.45, 7) is 3.24. The van der Waals surface area contributed by atoms with E-state index in [-0.39, 0.29) is 0 Å². The van der Waals surface area contributed by atoms with E-state index in [2.05, 4.69) is 72.4 Å². The molecule has 0 saturated carbocycles. The molecule has 1 aliphatic heterocycles. The maximum Gasteiger partial charge on any atom is 0.0511 e. The first-order chi connectivity index (χ1) is 10.2. The van der Waals surface area contributed by atoms with E-state index in [0.29, 0.717) is 0 Å². The van der Waals surface area contributed by atoms with E-state index in [1.54, 1.807) is 0 Å². The van der Waals surface area contributed by atoms with Crippen LogP contribution in [0.25, 0.3) is 0 Å². The Bertz CT molecular complexity index is 610. The highest BCUT2D eigenvalue weighted by Crippen LogP contribution is 2.40. The highest BCUT2D eigenvalue weighted by Gasteiger charge is 2.18. The summed E-state index contributed by atoms with van der Waals surface area (Å²) in [6, 6.07) is 17.5. The summed E-state index contributed by atoms with van der Waals surface area (Å²) in [4.78, 5) is 7.54. The predicted molar refractivity (Wildman–Crippen MR) is 91.2 cm³/mol. The second-order valence-electron chi connectivity index (χ2n) is 5.76. The Morgan fingerprint density at radius 2 is 1.71 bits per heavy atom. The SMILES string of the molecule is CN(C)CCCN1Cc2ccccc2Sc2ccccc21. The van der Waals surface area contributed by atoms with Crippen molar-refractivity contribution < 1.29 is 0 Å². The molecular formula is C18H22N2S. The summed E-state index contributed by atoms with van der Waals surface area (Å²) >= 11 is 1.89. The van der Waals surface area contributed by atoms with Gasteiger partial charge in [-0.2, -0.15) is 0 Å². The Balaban J connectivity index is 1.88. The number of fused-ring (bicyclic) bond motifs is 2. The van der Waals surface area contributed by atoms with Crippen molar-refractivity contribution >= 4 is 17.4 Å². The Hall–Kier alpha value is -1.45. The maximum atomic E-state index is 2.53. The topological polar surface area (TPSA) is 6.48 Å². The molecule has 0 radical (unpaired) electrons. The molecule has 2 nitrogen and oxygen atoms in total. The van der Waals surface area contributed by atoms with Gasteiger partial charge >= 0.3 is 0 Å². The Morgan fingerprint density at radius 1 is 1.00 bits per heavy atom. The molecule has 3 heteroatoms. The van der Waals surface area contributed by atoms with Crippen LogP contribution in [0.2, 0.25) is 0 Å². The van der Waals surface area contributed by atoms with E-state index in [0.717, 1.165) is 19.6 Å². The molecule has 3 rings (SSSR count). The molecule has 0 saturated heterocycles. The number of hydrogen-bond acceptors (Lipinski definition) is 3. The van der Waals surface area contributed by atoms with Crippen molar-refractivity contribution in [2.24, 2.45) is 0 Å². The molecule has 0 bridgehead atoms. The first-order valence-electron chi connectivity index (χ1n) is 7.48. The lowest BCUT2D eigenvalue weighted by Crippen LogP contribution is -2.26. The Labute approximate surface area is 131 Å². The molecule has 0 aliphatic carbocycles. The van der Waals surface area contributed by atoms with Gasteiger partial charge in [0.15, 0.2) is 0 Å². The highest BCUT2D eigenvalue weighted by molar-refractivity contribution is 7.99. The van der Waals surface area contributed by atoms with Gasteiger partial charge in [0.05, 0.1) is 5.69 Å². The van der Waals surface area contributed by atoms with E-state index in [4.69, 9.17) is 0 Å². The van der Waals surface area contributed by atoms with Crippen molar-refractivity contribution in [3.63, 3.8) is 0 Å². The number of nitrogens with zero attached hydrogens (tertiary/aromatic N) is 2. The molecule has 0 spiro atoms. The van der Waals surface area contributed by atoms with Gasteiger partial charge in [0.2, 0.25) is 0 Å². The third-order valence-electron chi connectivity index (χ3n) is 3.79. The first-order valence-corrected chi connectivity index (χ1v) is 8.30. The fourth-order valence-electron chi connectivity index (χ4n) is 2.73. The van der Waals surface area contributed by atoms with Crippen LogP contribution >= 0.6 is 11.8 Å². The molecule has 2 aromatic carbocycles. The number of benzene rings is 2. The highest BCUT2D eigenvalue weighted by atomic mass is 32.2. The first kappa shape index (κ1) is 14.5. The summed E-state index contributed by atoms with van der Waals surface area (Å²) in [7, 11) is 4.28. The number of anilines is 1. The van der Waals surface area contributed by atoms with Crippen LogP contribution < -0.4 is 4.90 Å². The molecule has 0 aromatic heterocycles. The van der Waals surface area contributed by atoms with Crippen LogP contribution in [0.15, 0.2) is 58.3 Å². The molecule has 0 atom stereocenters. The monoisotopic (exact) mass is 298 g/mol. The Morgan fingerprint density at radius 3 is 2.52 bits per heavy atom. The van der Waals surface area contributed by atoms with Gasteiger partial charge in [-0.05, 0) is 50.8 Å². The minimum absolute atomic E-state index is 1.01. The summed E-state index contributed by atoms with van der Waals surface area (Å²) in [5.74, 6) is 0. The molecule has 0 fully saturated rings. The van der Waals surface area contributed by atoms with Crippen LogP contribution in [0.4, 0.5) is 5.69 Å². The molecule has 1 heterocycles. The quantitative estimate of drug-likeness (QED) is 0.839. The summed E-state index contributed by atoms with van der Waals surface area (Å²) in [6.07, 6.45) is 1.19. The number of para-hydroxylation sites is 1. The third kappa shape index (κ3) is 3.42. The van der Waals surface area contributed by atoms with Crippen LogP contribution in [-0.4, -0.2) is 32.1 Å². The van der Waals surface area contributed by atoms with Crippen molar-refractivity contribution in [1.82, 2.24) is 4.90 Å². The second-order valence-corrected chi connectivity index (χ2v) is 6.84. The van der Waals surface area contributed by atoms with E-state index in [1.165, 1.54) is 27.5 Å². The molecule has 0 amide bonds. The van der Waals surface area contributed by atoms with Gasteiger partial charge in [-0.25, -0.2) is 0 Å². The predicted octanol–water partition coefficient (Wildman–Crippen LogP) is 4.11. The minimum atomic E-state index is 1.01. The van der Waals surface area contributed by atoms with Gasteiger partial charge in [-0.3, -0.25) is 0 Å². The molecule has 2 aromatic rings. The minimum Gasteiger partial charge on any atom is -0.366 e. The van der Waals surface area contributed by atoms with Gasteiger partial charge in [-0.15, -0.1) is 0 Å². The number of hydrogen-bond donors (Lipinski definition) is 0. The molecule has 0 N–H and O–H groups in total. The van der Waals surface area contributed by atoms with Crippen LogP contribution in [0, 0.1) is 0 Å². The van der Waals surface area contributed by atoms with Gasteiger partial charge in [0, 0.05) is 22.9 Å². The normalized spacial score (nSPS) is 13.8. The largest absolute Gasteiger partial charge is 0.366 e. The third-order valence-corrected chi connectivity index (χ3v) is 4.98. The zero-order valence-electron chi connectivity index (χ0n) is 12.7. The van der Waals surface area contributed by atoms with E-state index < -0.39 is 0 Å². The fourth-order valence-corrected chi connectivity index (χ4v) is 3.82. The zero-order valence-corrected chi connectivity index (χ0v) is 13.6. The van der Waals surface area contributed by atoms with E-state index in [1.807, 2.05) is 11.8 Å². The van der Waals surface area contributed by atoms with Gasteiger partial charge in [-0.1, -0.05) is 42.1 Å². The van der Waals surface area contributed by atoms with Crippen molar-refractivity contribution in [1.29, 1.82) is 0 Å². The van der Waals surface area contributed by atoms with Crippen molar-refractivity contribution in [3.05, 3.63) is 54.1 Å². The van der Waals surface area contributed by atoms with Crippen LogP contribution in [0.1, 0.15) is 12.0 Å². The molecule has 1 aliphatic rings. The molecule has 110 valence electrons. The van der Waals surface area contributed by atoms with E-state index in [9.17, 15) is 0 Å². The lowest BCUT2D eigenvalue weighted by Gasteiger charge is -2.25. The van der Waals surface area contributed by atoms with Crippen molar-refractivity contribution in [2.75, 3.05) is 32.1 Å². The van der Waals surface area contributed by atoms with Gasteiger partial charge < -0.3 is 9.80 Å². The second kappa shape index (κ2) is 6.54. The van der Waals surface area contributed by atoms with Crippen molar-refractivity contribution in [2.45, 2.75) is 22.8 Å². The number of rotatable bonds is 4. The maximum absolute atomic E-state index is 2.53. The average molecular weight is 298 g/mol. The lowest BCUT2D eigenvalue weighted by molar-refractivity contribution is 0.400. The molecular weight excluding hydrogens is 276 g/mol. The fraction of sp³-hybridized carbons (Fsp3) is 0.333. The summed E-state index contributed by atoms with van der Waals surface area (Å²) in [5, 5.41) is 0. The van der Waals surface area contributed by atoms with Crippen molar-refractivity contribution in [3.8, 4) is 0 Å². The molecule has 21 heavy (non-hydrogen) atoms. The smallest absolute Gasteiger partial charge is 0.0511 e. The molecule has 0 unspecified atom stereocenters. The van der Waals surface area contributed by atoms with Gasteiger partial charge in [0.25, 0.3) is 0 Å². The van der Waals surface area contributed by atoms with Gasteiger partial charge in [0.1, 0.15) is 0 Å². The lowest BCUT2D eigenvalue weighted by atomic mass is 10.2. The van der Waals surface area contributed by atoms with Crippen LogP contribution in [0.5, 0.6) is 0 Å². The summed E-state index contributed by atoms with van der Waals surface area (Å²) in [5.41, 5.74) is 2.81. The van der Waals surface area contributed by atoms with E-state index >= 15 is 0 Å². The standard InChI is InChI=1S/C18H22N2S/c1-19(2)12-7-13-20-14-15-8-3-5-10-17(15)21-18-11-6-4-9-16(18)20/h3-6,8-11H,7,12-14H2,1-2H3. The Kier molecular flexibility index (Phi) is 4.51.